The maximum atomic E-state index is 14.6. The van der Waals surface area contributed by atoms with Gasteiger partial charge in [0.1, 0.15) is 17.5 Å². The summed E-state index contributed by atoms with van der Waals surface area (Å²) in [6.07, 6.45) is 0. The molecule has 0 saturated heterocycles. The van der Waals surface area contributed by atoms with Crippen LogP contribution in [0.5, 0.6) is 0 Å². The zero-order valence-electron chi connectivity index (χ0n) is 16.3. The van der Waals surface area contributed by atoms with Gasteiger partial charge in [-0.3, -0.25) is 0 Å². The lowest BCUT2D eigenvalue weighted by molar-refractivity contribution is 0.585. The molecule has 2 aromatic carbocycles. The number of rotatable bonds is 5. The summed E-state index contributed by atoms with van der Waals surface area (Å²) in [7, 11) is 0. The first-order valence-electron chi connectivity index (χ1n) is 9.35. The van der Waals surface area contributed by atoms with E-state index in [0.717, 1.165) is 6.07 Å². The SMILES string of the molecule is CC(C)CNc1nc(-c2ccc(F)cc2F)c2c(N)n(-c3ccc(Cl)cc3)nc2n1. The van der Waals surface area contributed by atoms with Gasteiger partial charge in [0.25, 0.3) is 0 Å². The number of aromatic nitrogens is 4. The first-order chi connectivity index (χ1) is 14.3. The number of hydrogen-bond acceptors (Lipinski definition) is 5. The molecule has 154 valence electrons. The molecule has 2 heterocycles. The maximum absolute atomic E-state index is 14.6. The highest BCUT2D eigenvalue weighted by Crippen LogP contribution is 2.34. The van der Waals surface area contributed by atoms with Crippen molar-refractivity contribution in [3.8, 4) is 16.9 Å². The molecule has 6 nitrogen and oxygen atoms in total. The van der Waals surface area contributed by atoms with Gasteiger partial charge >= 0.3 is 0 Å². The number of hydrogen-bond donors (Lipinski definition) is 2. The largest absolute Gasteiger partial charge is 0.383 e. The van der Waals surface area contributed by atoms with E-state index < -0.39 is 11.6 Å². The molecular formula is C21H19ClF2N6. The Morgan fingerprint density at radius 3 is 2.50 bits per heavy atom. The van der Waals surface area contributed by atoms with Crippen molar-refractivity contribution in [2.75, 3.05) is 17.6 Å². The topological polar surface area (TPSA) is 81.6 Å². The quantitative estimate of drug-likeness (QED) is 0.464. The summed E-state index contributed by atoms with van der Waals surface area (Å²) in [6.45, 7) is 4.70. The van der Waals surface area contributed by atoms with E-state index in [-0.39, 0.29) is 23.0 Å². The second-order valence-corrected chi connectivity index (χ2v) is 7.70. The van der Waals surface area contributed by atoms with Crippen LogP contribution in [0.2, 0.25) is 5.02 Å². The minimum Gasteiger partial charge on any atom is -0.383 e. The fourth-order valence-corrected chi connectivity index (χ4v) is 3.17. The van der Waals surface area contributed by atoms with E-state index in [1.165, 1.54) is 16.8 Å². The van der Waals surface area contributed by atoms with Crippen LogP contribution in [0.3, 0.4) is 0 Å². The molecule has 0 radical (unpaired) electrons. The number of nitrogens with two attached hydrogens (primary N) is 1. The zero-order chi connectivity index (χ0) is 21.4. The lowest BCUT2D eigenvalue weighted by Crippen LogP contribution is -2.11. The predicted molar refractivity (Wildman–Crippen MR) is 115 cm³/mol. The van der Waals surface area contributed by atoms with Crippen molar-refractivity contribution in [1.29, 1.82) is 0 Å². The molecule has 0 bridgehead atoms. The van der Waals surface area contributed by atoms with Crippen molar-refractivity contribution in [1.82, 2.24) is 19.7 Å². The first-order valence-corrected chi connectivity index (χ1v) is 9.72. The third-order valence-electron chi connectivity index (χ3n) is 4.49. The van der Waals surface area contributed by atoms with Gasteiger partial charge in [-0.05, 0) is 42.3 Å². The van der Waals surface area contributed by atoms with E-state index in [4.69, 9.17) is 17.3 Å². The van der Waals surface area contributed by atoms with Gasteiger partial charge in [0.15, 0.2) is 5.65 Å². The van der Waals surface area contributed by atoms with Crippen molar-refractivity contribution in [3.63, 3.8) is 0 Å². The average molecular weight is 429 g/mol. The van der Waals surface area contributed by atoms with Crippen LogP contribution in [0.25, 0.3) is 28.0 Å². The van der Waals surface area contributed by atoms with Gasteiger partial charge in [0.05, 0.1) is 16.8 Å². The summed E-state index contributed by atoms with van der Waals surface area (Å²) >= 11 is 5.97. The van der Waals surface area contributed by atoms with Gasteiger partial charge in [-0.15, -0.1) is 5.10 Å². The molecule has 2 aromatic heterocycles. The van der Waals surface area contributed by atoms with Crippen molar-refractivity contribution in [3.05, 3.63) is 59.1 Å². The molecular weight excluding hydrogens is 410 g/mol. The Bertz CT molecular complexity index is 1220. The highest BCUT2D eigenvalue weighted by atomic mass is 35.5. The van der Waals surface area contributed by atoms with Crippen LogP contribution in [0.15, 0.2) is 42.5 Å². The van der Waals surface area contributed by atoms with Crippen LogP contribution in [0.1, 0.15) is 13.8 Å². The lowest BCUT2D eigenvalue weighted by atomic mass is 10.1. The summed E-state index contributed by atoms with van der Waals surface area (Å²) in [5.74, 6) is -0.558. The highest BCUT2D eigenvalue weighted by Gasteiger charge is 2.21. The van der Waals surface area contributed by atoms with Gasteiger partial charge in [0.2, 0.25) is 5.95 Å². The number of benzene rings is 2. The summed E-state index contributed by atoms with van der Waals surface area (Å²) in [4.78, 5) is 8.92. The molecule has 0 unspecified atom stereocenters. The number of halogens is 3. The monoisotopic (exact) mass is 428 g/mol. The molecule has 0 amide bonds. The molecule has 0 fully saturated rings. The van der Waals surface area contributed by atoms with Gasteiger partial charge in [0, 0.05) is 23.2 Å². The Morgan fingerprint density at radius 2 is 1.83 bits per heavy atom. The van der Waals surface area contributed by atoms with E-state index >= 15 is 0 Å². The third kappa shape index (κ3) is 3.78. The lowest BCUT2D eigenvalue weighted by Gasteiger charge is -2.10. The van der Waals surface area contributed by atoms with Crippen LogP contribution in [-0.4, -0.2) is 26.3 Å². The van der Waals surface area contributed by atoms with Crippen LogP contribution in [-0.2, 0) is 0 Å². The molecule has 3 N–H and O–H groups in total. The van der Waals surface area contributed by atoms with Crippen molar-refractivity contribution in [2.24, 2.45) is 5.92 Å². The van der Waals surface area contributed by atoms with Gasteiger partial charge in [-0.2, -0.15) is 4.98 Å². The van der Waals surface area contributed by atoms with Crippen molar-refractivity contribution >= 4 is 34.4 Å². The fourth-order valence-electron chi connectivity index (χ4n) is 3.04. The second kappa shape index (κ2) is 7.87. The van der Waals surface area contributed by atoms with Gasteiger partial charge < -0.3 is 11.1 Å². The summed E-state index contributed by atoms with van der Waals surface area (Å²) in [5, 5.41) is 8.57. The zero-order valence-corrected chi connectivity index (χ0v) is 17.1. The molecule has 0 aliphatic rings. The van der Waals surface area contributed by atoms with Gasteiger partial charge in [-0.1, -0.05) is 25.4 Å². The Kier molecular flexibility index (Phi) is 5.26. The average Bonchev–Trinajstić information content (AvgIpc) is 3.03. The summed E-state index contributed by atoms with van der Waals surface area (Å²) in [6, 6.07) is 10.3. The maximum Gasteiger partial charge on any atom is 0.225 e. The second-order valence-electron chi connectivity index (χ2n) is 7.27. The van der Waals surface area contributed by atoms with Crippen LogP contribution in [0, 0.1) is 17.6 Å². The van der Waals surface area contributed by atoms with Crippen LogP contribution >= 0.6 is 11.6 Å². The molecule has 4 aromatic rings. The first kappa shape index (κ1) is 20.0. The third-order valence-corrected chi connectivity index (χ3v) is 4.75. The fraction of sp³-hybridized carbons (Fsp3) is 0.190. The Balaban J connectivity index is 1.95. The summed E-state index contributed by atoms with van der Waals surface area (Å²) < 4.78 is 29.6. The molecule has 9 heteroatoms. The molecule has 0 spiro atoms. The molecule has 0 aliphatic carbocycles. The standard InChI is InChI=1S/C21H19ClF2N6/c1-11(2)10-26-21-27-18(15-8-5-13(23)9-16(15)24)17-19(25)30(29-20(17)28-21)14-6-3-12(22)4-7-14/h3-9,11H,10,25H2,1-2H3,(H,26,28,29). The van der Waals surface area contributed by atoms with E-state index in [2.05, 4.69) is 20.4 Å². The summed E-state index contributed by atoms with van der Waals surface area (Å²) in [5.41, 5.74) is 7.68. The van der Waals surface area contributed by atoms with Gasteiger partial charge in [-0.25, -0.2) is 18.4 Å². The Hall–Kier alpha value is -3.26. The number of nitrogens with zero attached hydrogens (tertiary/aromatic N) is 4. The van der Waals surface area contributed by atoms with E-state index in [1.807, 2.05) is 13.8 Å². The van der Waals surface area contributed by atoms with Crippen molar-refractivity contribution in [2.45, 2.75) is 13.8 Å². The smallest absolute Gasteiger partial charge is 0.225 e. The predicted octanol–water partition coefficient (Wildman–Crippen LogP) is 5.06. The Morgan fingerprint density at radius 1 is 1.10 bits per heavy atom. The minimum absolute atomic E-state index is 0.110. The highest BCUT2D eigenvalue weighted by molar-refractivity contribution is 6.30. The van der Waals surface area contributed by atoms with E-state index in [1.54, 1.807) is 24.3 Å². The number of fused-ring (bicyclic) bond motifs is 1. The molecule has 4 rings (SSSR count). The Labute approximate surface area is 176 Å². The molecule has 0 saturated carbocycles. The normalized spacial score (nSPS) is 11.4. The minimum atomic E-state index is -0.747. The van der Waals surface area contributed by atoms with Crippen molar-refractivity contribution < 1.29 is 8.78 Å². The van der Waals surface area contributed by atoms with Crippen LogP contribution < -0.4 is 11.1 Å². The molecule has 30 heavy (non-hydrogen) atoms. The number of anilines is 2. The molecule has 0 atom stereocenters. The van der Waals surface area contributed by atoms with Crippen LogP contribution in [0.4, 0.5) is 20.5 Å². The molecule has 0 aliphatic heterocycles. The van der Waals surface area contributed by atoms with E-state index in [9.17, 15) is 8.78 Å². The van der Waals surface area contributed by atoms with E-state index in [0.29, 0.717) is 34.2 Å². The number of nitrogens with one attached hydrogen (secondary N) is 1. The number of nitrogen functional groups attached to an aromatic ring is 1.